The van der Waals surface area contributed by atoms with Gasteiger partial charge in [0.25, 0.3) is 0 Å². The monoisotopic (exact) mass is 242 g/mol. The summed E-state index contributed by atoms with van der Waals surface area (Å²) in [4.78, 5) is 11.2. The molecule has 0 saturated carbocycles. The molecule has 0 bridgehead atoms. The lowest BCUT2D eigenvalue weighted by atomic mass is 9.85. The van der Waals surface area contributed by atoms with Crippen LogP contribution in [0, 0.1) is 11.8 Å². The first-order valence-electron chi connectivity index (χ1n) is 7.36. The van der Waals surface area contributed by atoms with Crippen LogP contribution in [0.2, 0.25) is 0 Å². The van der Waals surface area contributed by atoms with Gasteiger partial charge in [0.1, 0.15) is 0 Å². The molecule has 2 nitrogen and oxygen atoms in total. The van der Waals surface area contributed by atoms with Crippen LogP contribution < -0.4 is 0 Å². The molecule has 0 spiro atoms. The number of carboxylic acids is 1. The summed E-state index contributed by atoms with van der Waals surface area (Å²) < 4.78 is 0. The molecule has 0 saturated heterocycles. The predicted octanol–water partition coefficient (Wildman–Crippen LogP) is 4.87. The summed E-state index contributed by atoms with van der Waals surface area (Å²) in [5.74, 6) is -0.388. The molecule has 0 rings (SSSR count). The Kier molecular flexibility index (Phi) is 10.3. The summed E-state index contributed by atoms with van der Waals surface area (Å²) in [6.45, 7) is 6.44. The van der Waals surface area contributed by atoms with E-state index in [9.17, 15) is 9.90 Å². The molecule has 0 aliphatic rings. The van der Waals surface area contributed by atoms with Crippen LogP contribution in [-0.2, 0) is 4.79 Å². The van der Waals surface area contributed by atoms with E-state index in [1.807, 2.05) is 0 Å². The normalized spacial score (nSPS) is 14.5. The Balaban J connectivity index is 3.80. The lowest BCUT2D eigenvalue weighted by molar-refractivity contribution is -0.143. The van der Waals surface area contributed by atoms with Gasteiger partial charge in [-0.3, -0.25) is 4.79 Å². The van der Waals surface area contributed by atoms with E-state index in [0.717, 1.165) is 25.7 Å². The summed E-state index contributed by atoms with van der Waals surface area (Å²) in [6, 6.07) is 0. The van der Waals surface area contributed by atoms with Crippen LogP contribution in [0.5, 0.6) is 0 Å². The molecule has 0 radical (unpaired) electrons. The van der Waals surface area contributed by atoms with Crippen molar-refractivity contribution in [3.63, 3.8) is 0 Å². The van der Waals surface area contributed by atoms with Crippen molar-refractivity contribution < 1.29 is 9.90 Å². The van der Waals surface area contributed by atoms with Crippen LogP contribution in [-0.4, -0.2) is 11.1 Å². The first-order valence-corrected chi connectivity index (χ1v) is 7.36. The zero-order valence-corrected chi connectivity index (χ0v) is 11.9. The zero-order chi connectivity index (χ0) is 13.1. The summed E-state index contributed by atoms with van der Waals surface area (Å²) in [5, 5.41) is 9.21. The third-order valence-electron chi connectivity index (χ3n) is 3.64. The largest absolute Gasteiger partial charge is 0.481 e. The van der Waals surface area contributed by atoms with Gasteiger partial charge in [0.2, 0.25) is 0 Å². The molecule has 2 atom stereocenters. The molecule has 0 amide bonds. The summed E-state index contributed by atoms with van der Waals surface area (Å²) in [7, 11) is 0. The molecule has 0 aromatic heterocycles. The maximum Gasteiger partial charge on any atom is 0.306 e. The van der Waals surface area contributed by atoms with E-state index in [2.05, 4.69) is 20.8 Å². The number of aliphatic carboxylic acids is 1. The van der Waals surface area contributed by atoms with E-state index in [1.54, 1.807) is 0 Å². The van der Waals surface area contributed by atoms with Gasteiger partial charge < -0.3 is 5.11 Å². The smallest absolute Gasteiger partial charge is 0.306 e. The minimum Gasteiger partial charge on any atom is -0.481 e. The summed E-state index contributed by atoms with van der Waals surface area (Å²) >= 11 is 0. The second kappa shape index (κ2) is 10.6. The van der Waals surface area contributed by atoms with Gasteiger partial charge in [0, 0.05) is 0 Å². The fourth-order valence-corrected chi connectivity index (χ4v) is 2.35. The molecule has 0 aromatic rings. The average Bonchev–Trinajstić information content (AvgIpc) is 2.29. The third kappa shape index (κ3) is 8.23. The number of unbranched alkanes of at least 4 members (excludes halogenated alkanes) is 5. The third-order valence-corrected chi connectivity index (χ3v) is 3.64. The maximum absolute atomic E-state index is 11.2. The van der Waals surface area contributed by atoms with Crippen molar-refractivity contribution in [1.29, 1.82) is 0 Å². The number of hydrogen-bond donors (Lipinski definition) is 1. The highest BCUT2D eigenvalue weighted by Crippen LogP contribution is 2.24. The molecule has 2 heteroatoms. The first-order chi connectivity index (χ1) is 8.13. The Bertz CT molecular complexity index is 189. The van der Waals surface area contributed by atoms with Crippen molar-refractivity contribution in [3.05, 3.63) is 0 Å². The Morgan fingerprint density at radius 2 is 1.53 bits per heavy atom. The molecule has 0 aliphatic carbocycles. The van der Waals surface area contributed by atoms with E-state index in [4.69, 9.17) is 0 Å². The highest BCUT2D eigenvalue weighted by molar-refractivity contribution is 5.70. The van der Waals surface area contributed by atoms with Gasteiger partial charge >= 0.3 is 5.97 Å². The Labute approximate surface area is 107 Å². The molecule has 0 heterocycles. The second-order valence-corrected chi connectivity index (χ2v) is 5.27. The number of carbonyl (C=O) groups is 1. The molecular formula is C15H30O2. The Morgan fingerprint density at radius 1 is 0.941 bits per heavy atom. The van der Waals surface area contributed by atoms with E-state index in [0.29, 0.717) is 5.92 Å². The fraction of sp³-hybridized carbons (Fsp3) is 0.933. The van der Waals surface area contributed by atoms with Gasteiger partial charge in [-0.15, -0.1) is 0 Å². The van der Waals surface area contributed by atoms with Crippen LogP contribution in [0.15, 0.2) is 0 Å². The van der Waals surface area contributed by atoms with Crippen LogP contribution in [0.1, 0.15) is 78.6 Å². The Hall–Kier alpha value is -0.530. The lowest BCUT2D eigenvalue weighted by Crippen LogP contribution is -2.21. The number of rotatable bonds is 11. The van der Waals surface area contributed by atoms with Crippen molar-refractivity contribution in [2.24, 2.45) is 11.8 Å². The molecule has 17 heavy (non-hydrogen) atoms. The molecule has 2 unspecified atom stereocenters. The lowest BCUT2D eigenvalue weighted by Gasteiger charge is -2.19. The van der Waals surface area contributed by atoms with E-state index < -0.39 is 5.97 Å². The van der Waals surface area contributed by atoms with Crippen molar-refractivity contribution in [2.75, 3.05) is 0 Å². The maximum atomic E-state index is 11.2. The minimum absolute atomic E-state index is 0.124. The summed E-state index contributed by atoms with van der Waals surface area (Å²) in [5.41, 5.74) is 0. The van der Waals surface area contributed by atoms with Gasteiger partial charge in [-0.2, -0.15) is 0 Å². The SMILES string of the molecule is CCCCCCCC(C)C(CCCC)C(=O)O. The van der Waals surface area contributed by atoms with Crippen LogP contribution in [0.3, 0.4) is 0 Å². The van der Waals surface area contributed by atoms with E-state index >= 15 is 0 Å². The van der Waals surface area contributed by atoms with Crippen LogP contribution >= 0.6 is 0 Å². The van der Waals surface area contributed by atoms with Crippen molar-refractivity contribution in [3.8, 4) is 0 Å². The van der Waals surface area contributed by atoms with Gasteiger partial charge in [0.15, 0.2) is 0 Å². The van der Waals surface area contributed by atoms with Crippen molar-refractivity contribution in [1.82, 2.24) is 0 Å². The number of carboxylic acid groups (broad SMARTS) is 1. The van der Waals surface area contributed by atoms with Crippen molar-refractivity contribution >= 4 is 5.97 Å². The number of hydrogen-bond acceptors (Lipinski definition) is 1. The highest BCUT2D eigenvalue weighted by Gasteiger charge is 2.23. The molecule has 0 aromatic carbocycles. The highest BCUT2D eigenvalue weighted by atomic mass is 16.4. The zero-order valence-electron chi connectivity index (χ0n) is 11.9. The van der Waals surface area contributed by atoms with Crippen LogP contribution in [0.25, 0.3) is 0 Å². The fourth-order valence-electron chi connectivity index (χ4n) is 2.35. The molecule has 0 fully saturated rings. The van der Waals surface area contributed by atoms with E-state index in [-0.39, 0.29) is 5.92 Å². The summed E-state index contributed by atoms with van der Waals surface area (Å²) in [6.07, 6.45) is 10.4. The van der Waals surface area contributed by atoms with Crippen LogP contribution in [0.4, 0.5) is 0 Å². The molecular weight excluding hydrogens is 212 g/mol. The first kappa shape index (κ1) is 16.5. The predicted molar refractivity (Wildman–Crippen MR) is 73.2 cm³/mol. The van der Waals surface area contributed by atoms with Gasteiger partial charge in [0.05, 0.1) is 5.92 Å². The molecule has 1 N–H and O–H groups in total. The molecule has 102 valence electrons. The topological polar surface area (TPSA) is 37.3 Å². The van der Waals surface area contributed by atoms with Gasteiger partial charge in [-0.25, -0.2) is 0 Å². The van der Waals surface area contributed by atoms with E-state index in [1.165, 1.54) is 32.1 Å². The molecule has 0 aliphatic heterocycles. The minimum atomic E-state index is -0.598. The second-order valence-electron chi connectivity index (χ2n) is 5.27. The quantitative estimate of drug-likeness (QED) is 0.525. The average molecular weight is 242 g/mol. The van der Waals surface area contributed by atoms with Gasteiger partial charge in [-0.05, 0) is 18.8 Å². The van der Waals surface area contributed by atoms with Gasteiger partial charge in [-0.1, -0.05) is 65.7 Å². The standard InChI is InChI=1S/C15H30O2/c1-4-6-8-9-10-11-13(3)14(15(16)17)12-7-5-2/h13-14H,4-12H2,1-3H3,(H,16,17). The van der Waals surface area contributed by atoms with Crippen molar-refractivity contribution in [2.45, 2.75) is 78.6 Å². The Morgan fingerprint density at radius 3 is 2.06 bits per heavy atom.